The molecule has 2 fully saturated rings. The standard InChI is InChI=1S/C20H30O3/c1-19(2)10-5-11-20(3)15-8-6-13(18(22)23-4)12-16(21)14(15)7-9-17(19)20/h6,14-15,17H,5,7-12H2,1-4H3/t14-,15?,17?,20+/m0/s1. The highest BCUT2D eigenvalue weighted by Gasteiger charge is 2.55. The first-order chi connectivity index (χ1) is 10.8. The van der Waals surface area contributed by atoms with E-state index in [4.69, 9.17) is 4.74 Å². The van der Waals surface area contributed by atoms with Crippen molar-refractivity contribution < 1.29 is 14.3 Å². The van der Waals surface area contributed by atoms with Gasteiger partial charge in [-0.15, -0.1) is 0 Å². The highest BCUT2D eigenvalue weighted by Crippen LogP contribution is 2.62. The molecule has 3 aliphatic carbocycles. The number of fused-ring (bicyclic) bond motifs is 3. The molecule has 128 valence electrons. The van der Waals surface area contributed by atoms with Crippen molar-refractivity contribution in [3.8, 4) is 0 Å². The van der Waals surface area contributed by atoms with Gasteiger partial charge in [0.05, 0.1) is 7.11 Å². The molecule has 3 heteroatoms. The molecule has 0 amide bonds. The normalized spacial score (nSPS) is 39.6. The van der Waals surface area contributed by atoms with Gasteiger partial charge in [-0.3, -0.25) is 4.79 Å². The van der Waals surface area contributed by atoms with Gasteiger partial charge in [0.15, 0.2) is 0 Å². The van der Waals surface area contributed by atoms with Crippen LogP contribution < -0.4 is 0 Å². The summed E-state index contributed by atoms with van der Waals surface area (Å²) in [6.07, 6.45) is 9.04. The summed E-state index contributed by atoms with van der Waals surface area (Å²) in [5.74, 6) is 1.12. The van der Waals surface area contributed by atoms with E-state index in [1.807, 2.05) is 6.08 Å². The molecule has 2 unspecified atom stereocenters. The van der Waals surface area contributed by atoms with Crippen LogP contribution in [-0.4, -0.2) is 18.9 Å². The monoisotopic (exact) mass is 318 g/mol. The third-order valence-electron chi connectivity index (χ3n) is 7.22. The number of esters is 1. The number of allylic oxidation sites excluding steroid dienone is 1. The van der Waals surface area contributed by atoms with E-state index in [-0.39, 0.29) is 29.5 Å². The molecule has 0 saturated heterocycles. The lowest BCUT2D eigenvalue weighted by Crippen LogP contribution is -2.52. The van der Waals surface area contributed by atoms with Gasteiger partial charge in [0.1, 0.15) is 5.78 Å². The molecule has 3 rings (SSSR count). The van der Waals surface area contributed by atoms with Crippen molar-refractivity contribution in [3.05, 3.63) is 11.6 Å². The van der Waals surface area contributed by atoms with Crippen LogP contribution in [-0.2, 0) is 14.3 Å². The van der Waals surface area contributed by atoms with Crippen molar-refractivity contribution in [2.45, 2.75) is 65.7 Å². The number of rotatable bonds is 1. The molecule has 0 aliphatic heterocycles. The number of ether oxygens (including phenoxy) is 1. The average Bonchev–Trinajstić information content (AvgIpc) is 2.66. The smallest absolute Gasteiger partial charge is 0.333 e. The third-order valence-corrected chi connectivity index (χ3v) is 7.22. The molecular weight excluding hydrogens is 288 g/mol. The van der Waals surface area contributed by atoms with Crippen LogP contribution in [0.25, 0.3) is 0 Å². The Morgan fingerprint density at radius 1 is 1.22 bits per heavy atom. The Labute approximate surface area is 139 Å². The van der Waals surface area contributed by atoms with Gasteiger partial charge in [0, 0.05) is 17.9 Å². The van der Waals surface area contributed by atoms with E-state index in [9.17, 15) is 9.59 Å². The van der Waals surface area contributed by atoms with Crippen LogP contribution in [0.15, 0.2) is 11.6 Å². The summed E-state index contributed by atoms with van der Waals surface area (Å²) >= 11 is 0. The molecule has 3 aliphatic rings. The molecule has 0 aromatic heterocycles. The fourth-order valence-corrected chi connectivity index (χ4v) is 6.10. The second-order valence-electron chi connectivity index (χ2n) is 8.79. The third kappa shape index (κ3) is 2.66. The Bertz CT molecular complexity index is 545. The molecule has 0 heterocycles. The van der Waals surface area contributed by atoms with Crippen LogP contribution in [0, 0.1) is 28.6 Å². The number of carbonyl (C=O) groups excluding carboxylic acids is 2. The summed E-state index contributed by atoms with van der Waals surface area (Å²) in [5, 5.41) is 0. The van der Waals surface area contributed by atoms with Crippen molar-refractivity contribution in [2.24, 2.45) is 28.6 Å². The zero-order valence-electron chi connectivity index (χ0n) is 15.0. The number of hydrogen-bond acceptors (Lipinski definition) is 3. The summed E-state index contributed by atoms with van der Waals surface area (Å²) < 4.78 is 4.85. The van der Waals surface area contributed by atoms with E-state index in [1.165, 1.54) is 26.4 Å². The van der Waals surface area contributed by atoms with Crippen LogP contribution in [0.2, 0.25) is 0 Å². The van der Waals surface area contributed by atoms with Crippen molar-refractivity contribution in [2.75, 3.05) is 7.11 Å². The number of carbonyl (C=O) groups is 2. The highest BCUT2D eigenvalue weighted by molar-refractivity contribution is 5.97. The number of Topliss-reactive ketones (excluding diaryl/α,β-unsaturated/α-hetero) is 1. The quantitative estimate of drug-likeness (QED) is 0.677. The Hall–Kier alpha value is -1.12. The largest absolute Gasteiger partial charge is 0.466 e. The predicted molar refractivity (Wildman–Crippen MR) is 89.8 cm³/mol. The first-order valence-corrected chi connectivity index (χ1v) is 9.09. The van der Waals surface area contributed by atoms with Gasteiger partial charge >= 0.3 is 5.97 Å². The Balaban J connectivity index is 1.94. The first-order valence-electron chi connectivity index (χ1n) is 9.09. The molecule has 4 atom stereocenters. The minimum Gasteiger partial charge on any atom is -0.466 e. The number of hydrogen-bond donors (Lipinski definition) is 0. The molecule has 0 aromatic carbocycles. The summed E-state index contributed by atoms with van der Waals surface area (Å²) in [6.45, 7) is 7.23. The summed E-state index contributed by atoms with van der Waals surface area (Å²) in [6, 6.07) is 0. The maximum atomic E-state index is 12.8. The summed E-state index contributed by atoms with van der Waals surface area (Å²) in [7, 11) is 1.40. The van der Waals surface area contributed by atoms with E-state index in [0.717, 1.165) is 19.3 Å². The molecule has 0 N–H and O–H groups in total. The van der Waals surface area contributed by atoms with Gasteiger partial charge in [-0.05, 0) is 54.8 Å². The average molecular weight is 318 g/mol. The molecule has 2 saturated carbocycles. The van der Waals surface area contributed by atoms with E-state index < -0.39 is 0 Å². The van der Waals surface area contributed by atoms with Gasteiger partial charge in [-0.2, -0.15) is 0 Å². The van der Waals surface area contributed by atoms with Crippen LogP contribution >= 0.6 is 0 Å². The van der Waals surface area contributed by atoms with Crippen molar-refractivity contribution >= 4 is 11.8 Å². The Morgan fingerprint density at radius 2 is 1.96 bits per heavy atom. The van der Waals surface area contributed by atoms with Gasteiger partial charge in [-0.25, -0.2) is 4.79 Å². The van der Waals surface area contributed by atoms with E-state index in [0.29, 0.717) is 22.8 Å². The van der Waals surface area contributed by atoms with Gasteiger partial charge in [-0.1, -0.05) is 33.3 Å². The molecule has 0 aromatic rings. The zero-order valence-corrected chi connectivity index (χ0v) is 15.0. The molecule has 0 bridgehead atoms. The maximum absolute atomic E-state index is 12.8. The molecule has 0 radical (unpaired) electrons. The summed E-state index contributed by atoms with van der Waals surface area (Å²) in [4.78, 5) is 24.7. The van der Waals surface area contributed by atoms with E-state index in [1.54, 1.807) is 0 Å². The van der Waals surface area contributed by atoms with Crippen LogP contribution in [0.5, 0.6) is 0 Å². The molecule has 0 spiro atoms. The van der Waals surface area contributed by atoms with Crippen LogP contribution in [0.3, 0.4) is 0 Å². The van der Waals surface area contributed by atoms with E-state index >= 15 is 0 Å². The predicted octanol–water partition coefficient (Wildman–Crippen LogP) is 4.31. The fourth-order valence-electron chi connectivity index (χ4n) is 6.10. The lowest BCUT2D eigenvalue weighted by Gasteiger charge is -2.59. The van der Waals surface area contributed by atoms with Gasteiger partial charge in [0.25, 0.3) is 0 Å². The Morgan fingerprint density at radius 3 is 2.65 bits per heavy atom. The SMILES string of the molecule is COC(=O)C1=CCC2[C@H](CCC3C(C)(C)CCC[C@]23C)C(=O)C1. The fraction of sp³-hybridized carbons (Fsp3) is 0.800. The molecule has 3 nitrogen and oxygen atoms in total. The minimum absolute atomic E-state index is 0.128. The zero-order chi connectivity index (χ0) is 16.8. The first kappa shape index (κ1) is 16.7. The summed E-state index contributed by atoms with van der Waals surface area (Å²) in [5.41, 5.74) is 1.16. The number of methoxy groups -OCH3 is 1. The van der Waals surface area contributed by atoms with Gasteiger partial charge < -0.3 is 4.74 Å². The second kappa shape index (κ2) is 5.75. The lowest BCUT2D eigenvalue weighted by molar-refractivity contribution is -0.140. The van der Waals surface area contributed by atoms with Crippen molar-refractivity contribution in [1.82, 2.24) is 0 Å². The van der Waals surface area contributed by atoms with E-state index in [2.05, 4.69) is 20.8 Å². The Kier molecular flexibility index (Phi) is 4.18. The highest BCUT2D eigenvalue weighted by atomic mass is 16.5. The van der Waals surface area contributed by atoms with Gasteiger partial charge in [0.2, 0.25) is 0 Å². The van der Waals surface area contributed by atoms with Crippen molar-refractivity contribution in [3.63, 3.8) is 0 Å². The minimum atomic E-state index is -0.331. The number of ketones is 1. The lowest BCUT2D eigenvalue weighted by atomic mass is 9.46. The topological polar surface area (TPSA) is 43.4 Å². The van der Waals surface area contributed by atoms with Crippen LogP contribution in [0.4, 0.5) is 0 Å². The molecule has 23 heavy (non-hydrogen) atoms. The molecular formula is C20H30O3. The maximum Gasteiger partial charge on any atom is 0.333 e. The second-order valence-corrected chi connectivity index (χ2v) is 8.79. The van der Waals surface area contributed by atoms with Crippen LogP contribution in [0.1, 0.15) is 65.7 Å². The van der Waals surface area contributed by atoms with Crippen molar-refractivity contribution in [1.29, 1.82) is 0 Å².